The maximum atomic E-state index is 5.90. The van der Waals surface area contributed by atoms with Gasteiger partial charge in [0.1, 0.15) is 0 Å². The summed E-state index contributed by atoms with van der Waals surface area (Å²) < 4.78 is 5.90. The largest absolute Gasteiger partial charge is 0.477 e. The number of thiazole rings is 1. The summed E-state index contributed by atoms with van der Waals surface area (Å²) in [5.74, 6) is 2.13. The Morgan fingerprint density at radius 2 is 2.32 bits per heavy atom. The van der Waals surface area contributed by atoms with Crippen molar-refractivity contribution in [3.8, 4) is 17.1 Å². The normalized spacial score (nSPS) is 14.1. The van der Waals surface area contributed by atoms with E-state index in [-0.39, 0.29) is 0 Å². The molecule has 0 unspecified atom stereocenters. The van der Waals surface area contributed by atoms with Crippen LogP contribution < -0.4 is 15.4 Å². The summed E-state index contributed by atoms with van der Waals surface area (Å²) >= 11 is 1.55. The average Bonchev–Trinajstić information content (AvgIpc) is 3.08. The van der Waals surface area contributed by atoms with E-state index in [1.54, 1.807) is 17.5 Å². The van der Waals surface area contributed by atoms with Crippen molar-refractivity contribution in [1.29, 1.82) is 0 Å². The van der Waals surface area contributed by atoms with Gasteiger partial charge in [-0.05, 0) is 37.3 Å². The molecule has 7 heteroatoms. The Balaban J connectivity index is 1.66. The number of anilines is 1. The molecule has 134 valence electrons. The molecule has 0 spiro atoms. The molecular weight excluding hydrogens is 334 g/mol. The lowest BCUT2D eigenvalue weighted by atomic mass is 10.1. The number of pyridine rings is 1. The summed E-state index contributed by atoms with van der Waals surface area (Å²) in [5, 5.41) is 9.32. The van der Waals surface area contributed by atoms with E-state index in [1.165, 1.54) is 0 Å². The Morgan fingerprint density at radius 3 is 3.12 bits per heavy atom. The van der Waals surface area contributed by atoms with Gasteiger partial charge in [0.25, 0.3) is 0 Å². The van der Waals surface area contributed by atoms with Crippen molar-refractivity contribution in [3.63, 3.8) is 0 Å². The Morgan fingerprint density at radius 1 is 1.40 bits per heavy atom. The number of rotatable bonds is 7. The first-order chi connectivity index (χ1) is 12.2. The lowest BCUT2D eigenvalue weighted by molar-refractivity contribution is 0.288. The molecule has 0 aliphatic carbocycles. The second kappa shape index (κ2) is 8.80. The van der Waals surface area contributed by atoms with Crippen molar-refractivity contribution in [1.82, 2.24) is 15.3 Å². The molecule has 6 nitrogen and oxygen atoms in total. The molecule has 2 N–H and O–H groups in total. The summed E-state index contributed by atoms with van der Waals surface area (Å²) in [6.45, 7) is 6.92. The molecule has 3 rings (SSSR count). The summed E-state index contributed by atoms with van der Waals surface area (Å²) in [6, 6.07) is 3.91. The number of nitrogens with zero attached hydrogens (tertiary/aromatic N) is 3. The Kier molecular flexibility index (Phi) is 6.22. The number of aliphatic imine (C=N–C) groups is 1. The molecule has 1 aliphatic rings. The van der Waals surface area contributed by atoms with Crippen LogP contribution in [0.5, 0.6) is 5.88 Å². The van der Waals surface area contributed by atoms with Gasteiger partial charge in [-0.3, -0.25) is 4.99 Å². The van der Waals surface area contributed by atoms with E-state index in [0.29, 0.717) is 18.4 Å². The van der Waals surface area contributed by atoms with Crippen LogP contribution in [0.1, 0.15) is 33.1 Å². The molecule has 2 aromatic heterocycles. The van der Waals surface area contributed by atoms with Crippen molar-refractivity contribution < 1.29 is 4.74 Å². The van der Waals surface area contributed by atoms with Gasteiger partial charge in [0, 0.05) is 24.7 Å². The molecule has 0 saturated heterocycles. The van der Waals surface area contributed by atoms with Crippen LogP contribution in [0.4, 0.5) is 5.13 Å². The van der Waals surface area contributed by atoms with E-state index in [0.717, 1.165) is 54.7 Å². The molecule has 0 saturated carbocycles. The van der Waals surface area contributed by atoms with Gasteiger partial charge in [-0.2, -0.15) is 0 Å². The van der Waals surface area contributed by atoms with E-state index in [1.807, 2.05) is 17.5 Å². The third-order valence-corrected chi connectivity index (χ3v) is 4.60. The summed E-state index contributed by atoms with van der Waals surface area (Å²) in [4.78, 5) is 13.5. The van der Waals surface area contributed by atoms with Crippen molar-refractivity contribution in [3.05, 3.63) is 23.7 Å². The zero-order valence-electron chi connectivity index (χ0n) is 14.8. The van der Waals surface area contributed by atoms with Gasteiger partial charge < -0.3 is 15.4 Å². The molecule has 0 radical (unpaired) electrons. The Bertz CT molecular complexity index is 713. The van der Waals surface area contributed by atoms with Gasteiger partial charge in [-0.25, -0.2) is 9.97 Å². The van der Waals surface area contributed by atoms with Gasteiger partial charge >= 0.3 is 0 Å². The quantitative estimate of drug-likeness (QED) is 0.736. The second-order valence-electron chi connectivity index (χ2n) is 6.41. The topological polar surface area (TPSA) is 71.4 Å². The maximum absolute atomic E-state index is 5.90. The van der Waals surface area contributed by atoms with Gasteiger partial charge in [0.15, 0.2) is 11.1 Å². The predicted molar refractivity (Wildman–Crippen MR) is 103 cm³/mol. The van der Waals surface area contributed by atoms with Crippen LogP contribution in [0.3, 0.4) is 0 Å². The first kappa shape index (κ1) is 17.7. The number of ether oxygens (including phenoxy) is 1. The number of hydrogen-bond acceptors (Lipinski definition) is 7. The summed E-state index contributed by atoms with van der Waals surface area (Å²) in [6.07, 6.45) is 5.01. The van der Waals surface area contributed by atoms with Crippen molar-refractivity contribution >= 4 is 22.4 Å². The zero-order chi connectivity index (χ0) is 17.5. The van der Waals surface area contributed by atoms with Crippen LogP contribution in [-0.4, -0.2) is 35.6 Å². The van der Waals surface area contributed by atoms with E-state index < -0.39 is 0 Å². The molecule has 25 heavy (non-hydrogen) atoms. The van der Waals surface area contributed by atoms with E-state index in [4.69, 9.17) is 4.74 Å². The Hall–Kier alpha value is -2.15. The summed E-state index contributed by atoms with van der Waals surface area (Å²) in [5.41, 5.74) is 1.80. The van der Waals surface area contributed by atoms with E-state index >= 15 is 0 Å². The smallest absolute Gasteiger partial charge is 0.222 e. The SMILES string of the molecule is CC(C)CCCOc1ncccc1-c1csc(NC2=NCCCN2)n1. The molecule has 0 bridgehead atoms. The zero-order valence-corrected chi connectivity index (χ0v) is 15.6. The number of guanidine groups is 1. The van der Waals surface area contributed by atoms with Crippen molar-refractivity contribution in [2.75, 3.05) is 25.0 Å². The molecule has 0 atom stereocenters. The van der Waals surface area contributed by atoms with Crippen LogP contribution in [-0.2, 0) is 0 Å². The highest BCUT2D eigenvalue weighted by Crippen LogP contribution is 2.30. The monoisotopic (exact) mass is 359 g/mol. The molecule has 0 amide bonds. The molecule has 3 heterocycles. The number of aromatic nitrogens is 2. The maximum Gasteiger partial charge on any atom is 0.222 e. The van der Waals surface area contributed by atoms with E-state index in [9.17, 15) is 0 Å². The molecule has 0 aromatic carbocycles. The van der Waals surface area contributed by atoms with Gasteiger partial charge in [-0.1, -0.05) is 13.8 Å². The van der Waals surface area contributed by atoms with Crippen LogP contribution in [0, 0.1) is 5.92 Å². The first-order valence-corrected chi connectivity index (χ1v) is 9.69. The third-order valence-electron chi connectivity index (χ3n) is 3.84. The lowest BCUT2D eigenvalue weighted by Gasteiger charge is -2.14. The molecule has 0 fully saturated rings. The van der Waals surface area contributed by atoms with Crippen molar-refractivity contribution in [2.24, 2.45) is 10.9 Å². The van der Waals surface area contributed by atoms with Gasteiger partial charge in [-0.15, -0.1) is 11.3 Å². The second-order valence-corrected chi connectivity index (χ2v) is 7.27. The summed E-state index contributed by atoms with van der Waals surface area (Å²) in [7, 11) is 0. The van der Waals surface area contributed by atoms with Crippen LogP contribution in [0.2, 0.25) is 0 Å². The minimum absolute atomic E-state index is 0.649. The van der Waals surface area contributed by atoms with Gasteiger partial charge in [0.2, 0.25) is 5.88 Å². The molecular formula is C18H25N5OS. The fourth-order valence-electron chi connectivity index (χ4n) is 2.53. The van der Waals surface area contributed by atoms with Crippen LogP contribution in [0.25, 0.3) is 11.3 Å². The molecule has 1 aliphatic heterocycles. The fourth-order valence-corrected chi connectivity index (χ4v) is 3.24. The van der Waals surface area contributed by atoms with Crippen molar-refractivity contribution in [2.45, 2.75) is 33.1 Å². The minimum Gasteiger partial charge on any atom is -0.477 e. The predicted octanol–water partition coefficient (Wildman–Crippen LogP) is 3.78. The number of nitrogens with one attached hydrogen (secondary N) is 2. The highest BCUT2D eigenvalue weighted by atomic mass is 32.1. The first-order valence-electron chi connectivity index (χ1n) is 8.81. The molecule has 2 aromatic rings. The fraction of sp³-hybridized carbons (Fsp3) is 0.500. The van der Waals surface area contributed by atoms with Gasteiger partial charge in [0.05, 0.1) is 17.9 Å². The average molecular weight is 359 g/mol. The highest BCUT2D eigenvalue weighted by molar-refractivity contribution is 7.14. The van der Waals surface area contributed by atoms with Crippen LogP contribution >= 0.6 is 11.3 Å². The lowest BCUT2D eigenvalue weighted by Crippen LogP contribution is -2.35. The minimum atomic E-state index is 0.649. The highest BCUT2D eigenvalue weighted by Gasteiger charge is 2.13. The number of hydrogen-bond donors (Lipinski definition) is 2. The van der Waals surface area contributed by atoms with E-state index in [2.05, 4.69) is 39.4 Å². The van der Waals surface area contributed by atoms with Crippen LogP contribution in [0.15, 0.2) is 28.7 Å². The Labute approximate surface area is 152 Å². The third kappa shape index (κ3) is 5.16. The standard InChI is InChI=1S/C18H25N5OS/c1-13(2)6-4-11-24-16-14(7-3-8-19-16)15-12-25-18(22-15)23-17-20-9-5-10-21-17/h3,7-8,12-13H,4-6,9-11H2,1-2H3,(H2,20,21,22,23).